The highest BCUT2D eigenvalue weighted by Crippen LogP contribution is 2.24. The van der Waals surface area contributed by atoms with E-state index in [9.17, 15) is 13.2 Å². The summed E-state index contributed by atoms with van der Waals surface area (Å²) in [5, 5.41) is 8.34. The first-order valence-corrected chi connectivity index (χ1v) is 3.13. The molecule has 0 aliphatic rings. The molecule has 1 aromatic carbocycles. The largest absolute Gasteiger partial charge is 0.267 e. The van der Waals surface area contributed by atoms with Gasteiger partial charge in [0.2, 0.25) is 0 Å². The van der Waals surface area contributed by atoms with Crippen LogP contribution in [0.3, 0.4) is 0 Å². The summed E-state index contributed by atoms with van der Waals surface area (Å²) in [6.45, 7) is 0. The smallest absolute Gasteiger partial charge is 0.206 e. The van der Waals surface area contributed by atoms with E-state index in [1.165, 1.54) is 12.1 Å². The van der Waals surface area contributed by atoms with Gasteiger partial charge >= 0.3 is 0 Å². The van der Waals surface area contributed by atoms with Crippen LogP contribution in [0.2, 0.25) is 0 Å². The first-order valence-electron chi connectivity index (χ1n) is 3.13. The fourth-order valence-corrected chi connectivity index (χ4v) is 0.856. The van der Waals surface area contributed by atoms with Gasteiger partial charge in [-0.2, -0.15) is 5.26 Å². The van der Waals surface area contributed by atoms with E-state index in [-0.39, 0.29) is 5.56 Å². The van der Waals surface area contributed by atoms with Gasteiger partial charge in [0.1, 0.15) is 5.82 Å². The monoisotopic (exact) mass is 171 g/mol. The molecule has 0 N–H and O–H groups in total. The topological polar surface area (TPSA) is 23.8 Å². The third kappa shape index (κ3) is 1.40. The number of rotatable bonds is 1. The van der Waals surface area contributed by atoms with Gasteiger partial charge in [0.15, 0.2) is 0 Å². The maximum absolute atomic E-state index is 12.7. The van der Waals surface area contributed by atoms with Crippen LogP contribution in [0.5, 0.6) is 0 Å². The van der Waals surface area contributed by atoms with Gasteiger partial charge in [0.25, 0.3) is 6.43 Å². The quantitative estimate of drug-likeness (QED) is 0.637. The lowest BCUT2D eigenvalue weighted by Gasteiger charge is -2.02. The first kappa shape index (κ1) is 8.60. The van der Waals surface area contributed by atoms with Crippen molar-refractivity contribution in [3.8, 4) is 6.07 Å². The number of hydrogen-bond acceptors (Lipinski definition) is 1. The maximum atomic E-state index is 12.7. The second-order valence-electron chi connectivity index (χ2n) is 2.11. The molecule has 1 aromatic rings. The number of alkyl halides is 2. The lowest BCUT2D eigenvalue weighted by atomic mass is 10.1. The predicted molar refractivity (Wildman–Crippen MR) is 36.1 cm³/mol. The van der Waals surface area contributed by atoms with Crippen LogP contribution in [-0.2, 0) is 0 Å². The van der Waals surface area contributed by atoms with Crippen molar-refractivity contribution in [2.24, 2.45) is 0 Å². The number of halogens is 3. The van der Waals surface area contributed by atoms with Crippen LogP contribution in [-0.4, -0.2) is 0 Å². The molecule has 0 radical (unpaired) electrons. The van der Waals surface area contributed by atoms with E-state index in [1.54, 1.807) is 0 Å². The Kier molecular flexibility index (Phi) is 2.34. The molecule has 1 rings (SSSR count). The van der Waals surface area contributed by atoms with E-state index in [2.05, 4.69) is 0 Å². The Balaban J connectivity index is 3.32. The molecule has 4 heteroatoms. The van der Waals surface area contributed by atoms with Crippen LogP contribution in [0.15, 0.2) is 18.2 Å². The summed E-state index contributed by atoms with van der Waals surface area (Å²) in [5.74, 6) is -1.04. The third-order valence-electron chi connectivity index (χ3n) is 1.39. The van der Waals surface area contributed by atoms with Crippen LogP contribution in [0.1, 0.15) is 17.6 Å². The molecule has 0 unspecified atom stereocenters. The Labute approximate surface area is 67.1 Å². The molecule has 0 atom stereocenters. The second kappa shape index (κ2) is 3.26. The molecule has 0 spiro atoms. The third-order valence-corrected chi connectivity index (χ3v) is 1.39. The summed E-state index contributed by atoms with van der Waals surface area (Å²) >= 11 is 0. The molecule has 0 saturated carbocycles. The lowest BCUT2D eigenvalue weighted by molar-refractivity contribution is 0.146. The van der Waals surface area contributed by atoms with Crippen LogP contribution < -0.4 is 0 Å². The molecule has 0 heterocycles. The Morgan fingerprint density at radius 2 is 2.00 bits per heavy atom. The molecule has 0 saturated heterocycles. The molecule has 62 valence electrons. The second-order valence-corrected chi connectivity index (χ2v) is 2.11. The van der Waals surface area contributed by atoms with E-state index in [1.807, 2.05) is 0 Å². The molecule has 0 fully saturated rings. The average Bonchev–Trinajstić information content (AvgIpc) is 2.03. The van der Waals surface area contributed by atoms with Crippen LogP contribution >= 0.6 is 0 Å². The van der Waals surface area contributed by atoms with Crippen molar-refractivity contribution >= 4 is 0 Å². The van der Waals surface area contributed by atoms with Crippen molar-refractivity contribution in [1.29, 1.82) is 5.26 Å². The fourth-order valence-electron chi connectivity index (χ4n) is 0.856. The highest BCUT2D eigenvalue weighted by molar-refractivity contribution is 5.38. The standard InChI is InChI=1S/C8H4F3N/c9-6-3-1-2-5(4-12)7(6)8(10)11/h1-3,8H. The minimum Gasteiger partial charge on any atom is -0.206 e. The van der Waals surface area contributed by atoms with E-state index in [0.29, 0.717) is 0 Å². The lowest BCUT2D eigenvalue weighted by Crippen LogP contribution is -1.94. The van der Waals surface area contributed by atoms with Crippen molar-refractivity contribution in [2.75, 3.05) is 0 Å². The van der Waals surface area contributed by atoms with Crippen molar-refractivity contribution in [3.05, 3.63) is 35.1 Å². The van der Waals surface area contributed by atoms with Crippen molar-refractivity contribution in [1.82, 2.24) is 0 Å². The van der Waals surface area contributed by atoms with Gasteiger partial charge in [0, 0.05) is 0 Å². The zero-order chi connectivity index (χ0) is 9.14. The summed E-state index contributed by atoms with van der Waals surface area (Å²) in [7, 11) is 0. The fraction of sp³-hybridized carbons (Fsp3) is 0.125. The summed E-state index contributed by atoms with van der Waals surface area (Å²) in [4.78, 5) is 0. The Morgan fingerprint density at radius 3 is 2.42 bits per heavy atom. The zero-order valence-corrected chi connectivity index (χ0v) is 5.89. The van der Waals surface area contributed by atoms with E-state index in [0.717, 1.165) is 12.1 Å². The Hall–Kier alpha value is -1.50. The first-order chi connectivity index (χ1) is 5.66. The Morgan fingerprint density at radius 1 is 1.33 bits per heavy atom. The maximum Gasteiger partial charge on any atom is 0.267 e. The van der Waals surface area contributed by atoms with Gasteiger partial charge in [-0.1, -0.05) is 6.07 Å². The number of hydrogen-bond donors (Lipinski definition) is 0. The van der Waals surface area contributed by atoms with Crippen LogP contribution in [0, 0.1) is 17.1 Å². The normalized spacial score (nSPS) is 9.92. The van der Waals surface area contributed by atoms with Crippen LogP contribution in [0.25, 0.3) is 0 Å². The van der Waals surface area contributed by atoms with E-state index in [4.69, 9.17) is 5.26 Å². The average molecular weight is 171 g/mol. The molecule has 1 nitrogen and oxygen atoms in total. The molecule has 0 aliphatic heterocycles. The SMILES string of the molecule is N#Cc1cccc(F)c1C(F)F. The van der Waals surface area contributed by atoms with Gasteiger partial charge < -0.3 is 0 Å². The minimum absolute atomic E-state index is 0.315. The molecule has 12 heavy (non-hydrogen) atoms. The number of benzene rings is 1. The van der Waals surface area contributed by atoms with Gasteiger partial charge in [-0.05, 0) is 12.1 Å². The molecule has 0 aliphatic carbocycles. The molecular weight excluding hydrogens is 167 g/mol. The minimum atomic E-state index is -2.94. The Bertz CT molecular complexity index is 328. The predicted octanol–water partition coefficient (Wildman–Crippen LogP) is 2.63. The zero-order valence-electron chi connectivity index (χ0n) is 5.89. The highest BCUT2D eigenvalue weighted by atomic mass is 19.3. The molecule has 0 amide bonds. The van der Waals surface area contributed by atoms with Crippen molar-refractivity contribution < 1.29 is 13.2 Å². The van der Waals surface area contributed by atoms with Gasteiger partial charge in [-0.25, -0.2) is 13.2 Å². The van der Waals surface area contributed by atoms with Crippen LogP contribution in [0.4, 0.5) is 13.2 Å². The molecule has 0 aromatic heterocycles. The number of nitriles is 1. The van der Waals surface area contributed by atoms with Gasteiger partial charge in [-0.15, -0.1) is 0 Å². The van der Waals surface area contributed by atoms with E-state index >= 15 is 0 Å². The van der Waals surface area contributed by atoms with Gasteiger partial charge in [0.05, 0.1) is 17.2 Å². The molecular formula is C8H4F3N. The molecule has 0 bridgehead atoms. The summed E-state index contributed by atoms with van der Waals surface area (Å²) in [5.41, 5.74) is -1.13. The van der Waals surface area contributed by atoms with Crippen molar-refractivity contribution in [2.45, 2.75) is 6.43 Å². The van der Waals surface area contributed by atoms with Crippen molar-refractivity contribution in [3.63, 3.8) is 0 Å². The number of nitrogens with zero attached hydrogens (tertiary/aromatic N) is 1. The van der Waals surface area contributed by atoms with Gasteiger partial charge in [-0.3, -0.25) is 0 Å². The van der Waals surface area contributed by atoms with E-state index < -0.39 is 17.8 Å². The highest BCUT2D eigenvalue weighted by Gasteiger charge is 2.17. The summed E-state index contributed by atoms with van der Waals surface area (Å²) in [6, 6.07) is 4.78. The summed E-state index contributed by atoms with van der Waals surface area (Å²) < 4.78 is 36.8. The summed E-state index contributed by atoms with van der Waals surface area (Å²) in [6.07, 6.45) is -2.94.